The first-order chi connectivity index (χ1) is 11.8. The third-order valence-electron chi connectivity index (χ3n) is 4.98. The number of hydrogen-bond acceptors (Lipinski definition) is 1. The first-order valence-corrected chi connectivity index (χ1v) is 8.25. The van der Waals surface area contributed by atoms with E-state index in [-0.39, 0.29) is 0 Å². The average molecular weight is 308 g/mol. The lowest BCUT2D eigenvalue weighted by atomic mass is 9.89. The molecule has 0 radical (unpaired) electrons. The minimum absolute atomic E-state index is 0.339. The zero-order valence-corrected chi connectivity index (χ0v) is 13.2. The standard InChI is InChI=1S/C23H16O/c24-22-13-12-15-6-1-4-9-18(15)23(22)21-14-16-7-2-3-8-17(16)19-10-5-11-20(19)21/h1-9,11-14,24H,10H2. The maximum Gasteiger partial charge on any atom is 0.124 e. The molecule has 0 aromatic heterocycles. The van der Waals surface area contributed by atoms with Crippen LogP contribution >= 0.6 is 0 Å². The second kappa shape index (κ2) is 4.97. The van der Waals surface area contributed by atoms with Crippen LogP contribution in [-0.4, -0.2) is 5.11 Å². The predicted octanol–water partition coefficient (Wildman–Crippen LogP) is 5.93. The van der Waals surface area contributed by atoms with Crippen LogP contribution in [0.25, 0.3) is 38.7 Å². The van der Waals surface area contributed by atoms with E-state index < -0.39 is 0 Å². The van der Waals surface area contributed by atoms with E-state index >= 15 is 0 Å². The number of aromatic hydroxyl groups is 1. The van der Waals surface area contributed by atoms with Crippen molar-refractivity contribution >= 4 is 27.6 Å². The zero-order valence-electron chi connectivity index (χ0n) is 13.2. The quantitative estimate of drug-likeness (QED) is 0.461. The summed E-state index contributed by atoms with van der Waals surface area (Å²) in [7, 11) is 0. The van der Waals surface area contributed by atoms with Gasteiger partial charge in [0.2, 0.25) is 0 Å². The Bertz CT molecular complexity index is 1140. The molecule has 1 N–H and O–H groups in total. The van der Waals surface area contributed by atoms with E-state index in [1.807, 2.05) is 18.2 Å². The monoisotopic (exact) mass is 308 g/mol. The smallest absolute Gasteiger partial charge is 0.124 e. The molecule has 4 aromatic carbocycles. The van der Waals surface area contributed by atoms with Crippen molar-refractivity contribution in [1.29, 1.82) is 0 Å². The first kappa shape index (κ1) is 13.4. The van der Waals surface area contributed by atoms with E-state index in [1.165, 1.54) is 21.9 Å². The summed E-state index contributed by atoms with van der Waals surface area (Å²) < 4.78 is 0. The zero-order chi connectivity index (χ0) is 16.1. The molecule has 0 amide bonds. The summed E-state index contributed by atoms with van der Waals surface area (Å²) in [5.74, 6) is 0.339. The molecule has 0 bridgehead atoms. The molecule has 1 nitrogen and oxygen atoms in total. The molecule has 24 heavy (non-hydrogen) atoms. The Hall–Kier alpha value is -3.06. The lowest BCUT2D eigenvalue weighted by Crippen LogP contribution is -1.92. The second-order valence-corrected chi connectivity index (χ2v) is 6.32. The average Bonchev–Trinajstić information content (AvgIpc) is 3.11. The molecule has 114 valence electrons. The lowest BCUT2D eigenvalue weighted by molar-refractivity contribution is 0.478. The van der Waals surface area contributed by atoms with Gasteiger partial charge < -0.3 is 5.11 Å². The fourth-order valence-corrected chi connectivity index (χ4v) is 3.89. The maximum absolute atomic E-state index is 10.6. The highest BCUT2D eigenvalue weighted by Gasteiger charge is 2.19. The van der Waals surface area contributed by atoms with Crippen LogP contribution in [0, 0.1) is 0 Å². The van der Waals surface area contributed by atoms with E-state index in [0.717, 1.165) is 28.3 Å². The van der Waals surface area contributed by atoms with Crippen molar-refractivity contribution in [1.82, 2.24) is 0 Å². The van der Waals surface area contributed by atoms with Crippen molar-refractivity contribution in [2.24, 2.45) is 0 Å². The van der Waals surface area contributed by atoms with Crippen LogP contribution in [-0.2, 0) is 6.42 Å². The molecule has 4 aromatic rings. The molecule has 0 atom stereocenters. The van der Waals surface area contributed by atoms with Gasteiger partial charge in [0.25, 0.3) is 0 Å². The summed E-state index contributed by atoms with van der Waals surface area (Å²) in [5, 5.41) is 15.4. The molecule has 1 aliphatic rings. The Morgan fingerprint density at radius 2 is 1.50 bits per heavy atom. The number of hydrogen-bond donors (Lipinski definition) is 1. The van der Waals surface area contributed by atoms with Gasteiger partial charge in [0.15, 0.2) is 0 Å². The third kappa shape index (κ3) is 1.82. The minimum Gasteiger partial charge on any atom is -0.507 e. The molecule has 0 heterocycles. The fraction of sp³-hybridized carbons (Fsp3) is 0.0435. The van der Waals surface area contributed by atoms with E-state index in [2.05, 4.69) is 54.6 Å². The highest BCUT2D eigenvalue weighted by Crippen LogP contribution is 2.43. The Morgan fingerprint density at radius 1 is 0.750 bits per heavy atom. The van der Waals surface area contributed by atoms with Crippen LogP contribution in [0.4, 0.5) is 0 Å². The molecule has 0 fully saturated rings. The number of fused-ring (bicyclic) bond motifs is 4. The van der Waals surface area contributed by atoms with Crippen molar-refractivity contribution in [2.45, 2.75) is 6.42 Å². The molecule has 0 saturated carbocycles. The summed E-state index contributed by atoms with van der Waals surface area (Å²) >= 11 is 0. The van der Waals surface area contributed by atoms with Crippen molar-refractivity contribution in [2.75, 3.05) is 0 Å². The van der Waals surface area contributed by atoms with Crippen molar-refractivity contribution in [3.05, 3.63) is 83.9 Å². The maximum atomic E-state index is 10.6. The highest BCUT2D eigenvalue weighted by atomic mass is 16.3. The van der Waals surface area contributed by atoms with Crippen LogP contribution in [0.2, 0.25) is 0 Å². The highest BCUT2D eigenvalue weighted by molar-refractivity contribution is 6.05. The molecule has 0 saturated heterocycles. The summed E-state index contributed by atoms with van der Waals surface area (Å²) in [6.45, 7) is 0. The summed E-state index contributed by atoms with van der Waals surface area (Å²) in [5.41, 5.74) is 4.64. The normalized spacial score (nSPS) is 12.8. The van der Waals surface area contributed by atoms with Crippen LogP contribution in [0.3, 0.4) is 0 Å². The lowest BCUT2D eigenvalue weighted by Gasteiger charge is -2.15. The van der Waals surface area contributed by atoms with E-state index in [9.17, 15) is 5.11 Å². The first-order valence-electron chi connectivity index (χ1n) is 8.25. The fourth-order valence-electron chi connectivity index (χ4n) is 3.89. The van der Waals surface area contributed by atoms with Gasteiger partial charge in [-0.3, -0.25) is 0 Å². The molecule has 1 aliphatic carbocycles. The molecular formula is C23H16O. The van der Waals surface area contributed by atoms with E-state index in [0.29, 0.717) is 5.75 Å². The molecule has 0 spiro atoms. The van der Waals surface area contributed by atoms with Gasteiger partial charge in [0.05, 0.1) is 0 Å². The minimum atomic E-state index is 0.339. The van der Waals surface area contributed by atoms with Gasteiger partial charge in [0, 0.05) is 5.56 Å². The summed E-state index contributed by atoms with van der Waals surface area (Å²) in [4.78, 5) is 0. The number of phenols is 1. The Labute approximate surface area is 140 Å². The molecule has 0 unspecified atom stereocenters. The van der Waals surface area contributed by atoms with Crippen LogP contribution in [0.15, 0.2) is 72.8 Å². The van der Waals surface area contributed by atoms with Crippen molar-refractivity contribution in [3.63, 3.8) is 0 Å². The van der Waals surface area contributed by atoms with Gasteiger partial charge in [-0.25, -0.2) is 0 Å². The summed E-state index contributed by atoms with van der Waals surface area (Å²) in [6, 6.07) is 22.7. The topological polar surface area (TPSA) is 20.2 Å². The van der Waals surface area contributed by atoms with Crippen LogP contribution in [0.5, 0.6) is 5.75 Å². The predicted molar refractivity (Wildman–Crippen MR) is 101 cm³/mol. The van der Waals surface area contributed by atoms with Crippen molar-refractivity contribution in [3.8, 4) is 16.9 Å². The number of rotatable bonds is 1. The Morgan fingerprint density at radius 3 is 2.38 bits per heavy atom. The second-order valence-electron chi connectivity index (χ2n) is 6.32. The molecule has 1 heteroatoms. The molecule has 5 rings (SSSR count). The van der Waals surface area contributed by atoms with E-state index in [4.69, 9.17) is 0 Å². The van der Waals surface area contributed by atoms with Gasteiger partial charge in [-0.05, 0) is 56.8 Å². The van der Waals surface area contributed by atoms with Gasteiger partial charge in [-0.1, -0.05) is 66.7 Å². The summed E-state index contributed by atoms with van der Waals surface area (Å²) in [6.07, 6.45) is 5.36. The van der Waals surface area contributed by atoms with Crippen LogP contribution < -0.4 is 0 Å². The van der Waals surface area contributed by atoms with E-state index in [1.54, 1.807) is 6.07 Å². The van der Waals surface area contributed by atoms with Gasteiger partial charge >= 0.3 is 0 Å². The number of allylic oxidation sites excluding steroid dienone is 1. The Kier molecular flexibility index (Phi) is 2.77. The third-order valence-corrected chi connectivity index (χ3v) is 4.98. The molecular weight excluding hydrogens is 292 g/mol. The van der Waals surface area contributed by atoms with Crippen LogP contribution in [0.1, 0.15) is 11.1 Å². The number of phenolic OH excluding ortho intramolecular Hbond substituents is 1. The largest absolute Gasteiger partial charge is 0.507 e. The SMILES string of the molecule is Oc1ccc2ccccc2c1-c1cc2ccccc2c2c1C=CC2. The van der Waals surface area contributed by atoms with Gasteiger partial charge in [-0.2, -0.15) is 0 Å². The number of benzene rings is 4. The van der Waals surface area contributed by atoms with Gasteiger partial charge in [-0.15, -0.1) is 0 Å². The van der Waals surface area contributed by atoms with Gasteiger partial charge in [0.1, 0.15) is 5.75 Å². The van der Waals surface area contributed by atoms with Crippen molar-refractivity contribution < 1.29 is 5.11 Å². The molecule has 0 aliphatic heterocycles. The Balaban J connectivity index is 1.95.